The molecular formula is C21H22F6N4O5S. The molecule has 1 aliphatic rings. The van der Waals surface area contributed by atoms with Crippen molar-refractivity contribution in [2.24, 2.45) is 0 Å². The Balaban J connectivity index is 0.000000294. The van der Waals surface area contributed by atoms with E-state index in [9.17, 15) is 44.3 Å². The van der Waals surface area contributed by atoms with Gasteiger partial charge in [-0.05, 0) is 36.4 Å². The zero-order valence-corrected chi connectivity index (χ0v) is 19.9. The van der Waals surface area contributed by atoms with Crippen LogP contribution < -0.4 is 11.5 Å². The van der Waals surface area contributed by atoms with Crippen LogP contribution in [0.15, 0.2) is 36.4 Å². The lowest BCUT2D eigenvalue weighted by Crippen LogP contribution is -2.50. The molecule has 1 fully saturated rings. The number of carbonyl (C=O) groups is 2. The summed E-state index contributed by atoms with van der Waals surface area (Å²) in [7, 11) is -3.38. The van der Waals surface area contributed by atoms with Gasteiger partial charge in [0.1, 0.15) is 0 Å². The maximum absolute atomic E-state index is 13.1. The predicted molar refractivity (Wildman–Crippen MR) is 121 cm³/mol. The molecule has 3 rings (SSSR count). The molecule has 9 nitrogen and oxygen atoms in total. The Kier molecular flexibility index (Phi) is 8.70. The van der Waals surface area contributed by atoms with Gasteiger partial charge in [0.2, 0.25) is 10.0 Å². The summed E-state index contributed by atoms with van der Waals surface area (Å²) >= 11 is 0. The first-order chi connectivity index (χ1) is 16.8. The fourth-order valence-electron chi connectivity index (χ4n) is 3.36. The number of piperazine rings is 1. The number of sulfonamides is 1. The highest BCUT2D eigenvalue weighted by Gasteiger charge is 2.37. The van der Waals surface area contributed by atoms with Crippen molar-refractivity contribution in [3.8, 4) is 0 Å². The third kappa shape index (κ3) is 7.72. The van der Waals surface area contributed by atoms with E-state index in [1.165, 1.54) is 15.3 Å². The molecule has 1 saturated heterocycles. The van der Waals surface area contributed by atoms with Crippen LogP contribution in [-0.2, 0) is 22.4 Å². The second-order valence-corrected chi connectivity index (χ2v) is 9.85. The molecule has 0 unspecified atom stereocenters. The van der Waals surface area contributed by atoms with Gasteiger partial charge in [0.05, 0.1) is 28.5 Å². The van der Waals surface area contributed by atoms with Gasteiger partial charge < -0.3 is 21.5 Å². The zero-order chi connectivity index (χ0) is 28.3. The normalized spacial score (nSPS) is 15.1. The number of hydrogen-bond donors (Lipinski definition) is 3. The maximum atomic E-state index is 13.1. The SMILES string of the molecule is CS(=O)(=O)N1CCN(C(=O)c2ccc(N)cc2C(F)(F)F)CC1.Nc1ccc(C(=O)O)c(C(F)(F)F)c1. The summed E-state index contributed by atoms with van der Waals surface area (Å²) < 4.78 is 100. The Hall–Kier alpha value is -3.53. The topological polar surface area (TPSA) is 147 Å². The number of carbonyl (C=O) groups excluding carboxylic acids is 1. The van der Waals surface area contributed by atoms with Crippen LogP contribution in [0.2, 0.25) is 0 Å². The minimum absolute atomic E-state index is 0.0353. The van der Waals surface area contributed by atoms with E-state index in [-0.39, 0.29) is 37.6 Å². The lowest BCUT2D eigenvalue weighted by molar-refractivity contribution is -0.138. The van der Waals surface area contributed by atoms with Crippen molar-refractivity contribution in [3.05, 3.63) is 58.7 Å². The highest BCUT2D eigenvalue weighted by molar-refractivity contribution is 7.88. The number of hydrogen-bond acceptors (Lipinski definition) is 6. The van der Waals surface area contributed by atoms with Crippen LogP contribution in [0.4, 0.5) is 37.7 Å². The second-order valence-electron chi connectivity index (χ2n) is 7.86. The molecule has 204 valence electrons. The Morgan fingerprint density at radius 3 is 1.59 bits per heavy atom. The van der Waals surface area contributed by atoms with Crippen molar-refractivity contribution in [1.29, 1.82) is 0 Å². The largest absolute Gasteiger partial charge is 0.478 e. The average molecular weight is 556 g/mol. The first-order valence-corrected chi connectivity index (χ1v) is 12.1. The molecule has 16 heteroatoms. The molecule has 0 saturated carbocycles. The van der Waals surface area contributed by atoms with Crippen molar-refractivity contribution >= 4 is 33.3 Å². The molecule has 0 bridgehead atoms. The summed E-state index contributed by atoms with van der Waals surface area (Å²) in [6, 6.07) is 5.54. The van der Waals surface area contributed by atoms with Gasteiger partial charge in [-0.2, -0.15) is 30.6 Å². The number of carboxylic acid groups (broad SMARTS) is 1. The fourth-order valence-corrected chi connectivity index (χ4v) is 4.19. The van der Waals surface area contributed by atoms with Crippen molar-refractivity contribution in [2.75, 3.05) is 43.9 Å². The molecule has 1 heterocycles. The molecule has 5 N–H and O–H groups in total. The molecule has 0 aliphatic carbocycles. The molecule has 2 aromatic rings. The van der Waals surface area contributed by atoms with Gasteiger partial charge >= 0.3 is 18.3 Å². The number of anilines is 2. The maximum Gasteiger partial charge on any atom is 0.417 e. The van der Waals surface area contributed by atoms with Crippen molar-refractivity contribution in [1.82, 2.24) is 9.21 Å². The summed E-state index contributed by atoms with van der Waals surface area (Å²) in [5, 5.41) is 8.48. The number of alkyl halides is 6. The molecule has 37 heavy (non-hydrogen) atoms. The van der Waals surface area contributed by atoms with Crippen LogP contribution in [0.1, 0.15) is 31.8 Å². The summed E-state index contributed by atoms with van der Waals surface area (Å²) in [5.41, 5.74) is 6.68. The Labute approximate surface area is 207 Å². The van der Waals surface area contributed by atoms with E-state index in [0.29, 0.717) is 6.07 Å². The first-order valence-electron chi connectivity index (χ1n) is 10.2. The summed E-state index contributed by atoms with van der Waals surface area (Å²) in [4.78, 5) is 24.0. The van der Waals surface area contributed by atoms with Gasteiger partial charge in [-0.25, -0.2) is 13.2 Å². The monoisotopic (exact) mass is 556 g/mol. The molecule has 0 radical (unpaired) electrons. The third-order valence-corrected chi connectivity index (χ3v) is 6.46. The van der Waals surface area contributed by atoms with Crippen LogP contribution in [0, 0.1) is 0 Å². The zero-order valence-electron chi connectivity index (χ0n) is 19.1. The van der Waals surface area contributed by atoms with E-state index in [1.807, 2.05) is 0 Å². The van der Waals surface area contributed by atoms with Gasteiger partial charge in [-0.3, -0.25) is 4.79 Å². The highest BCUT2D eigenvalue weighted by atomic mass is 32.2. The average Bonchev–Trinajstić information content (AvgIpc) is 2.77. The van der Waals surface area contributed by atoms with Gasteiger partial charge in [0.15, 0.2) is 0 Å². The first kappa shape index (κ1) is 29.7. The third-order valence-electron chi connectivity index (χ3n) is 5.15. The van der Waals surface area contributed by atoms with Gasteiger partial charge in [0.25, 0.3) is 5.91 Å². The van der Waals surface area contributed by atoms with Crippen LogP contribution in [0.3, 0.4) is 0 Å². The summed E-state index contributed by atoms with van der Waals surface area (Å²) in [6.45, 7) is 0.183. The van der Waals surface area contributed by atoms with Crippen molar-refractivity contribution in [3.63, 3.8) is 0 Å². The van der Waals surface area contributed by atoms with E-state index in [2.05, 4.69) is 0 Å². The van der Waals surface area contributed by atoms with Crippen LogP contribution in [0.25, 0.3) is 0 Å². The van der Waals surface area contributed by atoms with Gasteiger partial charge in [0, 0.05) is 37.6 Å². The lowest BCUT2D eigenvalue weighted by atomic mass is 10.0. The number of nitrogen functional groups attached to an aromatic ring is 2. The second kappa shape index (κ2) is 10.8. The van der Waals surface area contributed by atoms with E-state index < -0.39 is 56.5 Å². The smallest absolute Gasteiger partial charge is 0.417 e. The number of nitrogens with two attached hydrogens (primary N) is 2. The number of rotatable bonds is 3. The Morgan fingerprint density at radius 2 is 1.22 bits per heavy atom. The van der Waals surface area contributed by atoms with Crippen LogP contribution in [0.5, 0.6) is 0 Å². The van der Waals surface area contributed by atoms with E-state index in [1.54, 1.807) is 0 Å². The lowest BCUT2D eigenvalue weighted by Gasteiger charge is -2.33. The minimum atomic E-state index is -4.71. The van der Waals surface area contributed by atoms with Gasteiger partial charge in [-0.15, -0.1) is 0 Å². The molecule has 0 atom stereocenters. The van der Waals surface area contributed by atoms with Gasteiger partial charge in [-0.1, -0.05) is 0 Å². The molecule has 1 amide bonds. The number of carboxylic acids is 1. The van der Waals surface area contributed by atoms with E-state index in [4.69, 9.17) is 16.6 Å². The summed E-state index contributed by atoms with van der Waals surface area (Å²) in [5.74, 6) is -2.41. The fraction of sp³-hybridized carbons (Fsp3) is 0.333. The highest BCUT2D eigenvalue weighted by Crippen LogP contribution is 2.34. The minimum Gasteiger partial charge on any atom is -0.478 e. The number of amides is 1. The molecule has 0 aromatic heterocycles. The number of aromatic carboxylic acids is 1. The van der Waals surface area contributed by atoms with E-state index >= 15 is 0 Å². The molecule has 1 aliphatic heterocycles. The van der Waals surface area contributed by atoms with Crippen LogP contribution in [-0.4, -0.2) is 67.0 Å². The summed E-state index contributed by atoms with van der Waals surface area (Å²) in [6.07, 6.45) is -8.36. The molecular weight excluding hydrogens is 534 g/mol. The van der Waals surface area contributed by atoms with Crippen LogP contribution >= 0.6 is 0 Å². The van der Waals surface area contributed by atoms with E-state index in [0.717, 1.165) is 30.5 Å². The van der Waals surface area contributed by atoms with Crippen molar-refractivity contribution in [2.45, 2.75) is 12.4 Å². The predicted octanol–water partition coefficient (Wildman–Crippen LogP) is 2.99. The quantitative estimate of drug-likeness (QED) is 0.389. The molecule has 0 spiro atoms. The Bertz CT molecular complexity index is 1270. The number of nitrogens with zero attached hydrogens (tertiary/aromatic N) is 2. The number of benzene rings is 2. The molecule has 2 aromatic carbocycles. The standard InChI is InChI=1S/C13H16F3N3O3S.C8H6F3NO2/c1-23(21,22)19-6-4-18(5-7-19)12(20)10-3-2-9(17)8-11(10)13(14,15)16;9-8(10,11)6-3-4(12)1-2-5(6)7(13)14/h2-3,8H,4-7,17H2,1H3;1-3H,12H2,(H,13,14). The Morgan fingerprint density at radius 1 is 0.811 bits per heavy atom. The van der Waals surface area contributed by atoms with Crippen molar-refractivity contribution < 1.29 is 49.5 Å². The number of halogens is 6.